The maximum Gasteiger partial charge on any atom is 0.332 e. The van der Waals surface area contributed by atoms with Crippen molar-refractivity contribution in [3.05, 3.63) is 0 Å². The van der Waals surface area contributed by atoms with Gasteiger partial charge in [-0.3, -0.25) is 4.57 Å². The molecule has 0 bridgehead atoms. The summed E-state index contributed by atoms with van der Waals surface area (Å²) in [5, 5.41) is 0. The Labute approximate surface area is 124 Å². The van der Waals surface area contributed by atoms with Crippen LogP contribution in [-0.4, -0.2) is 62.1 Å². The van der Waals surface area contributed by atoms with Crippen LogP contribution in [0.15, 0.2) is 0 Å². The van der Waals surface area contributed by atoms with Gasteiger partial charge in [-0.1, -0.05) is 0 Å². The first kappa shape index (κ1) is 20.1. The smallest absolute Gasteiger partial charge is 0.332 e. The van der Waals surface area contributed by atoms with E-state index in [0.717, 1.165) is 0 Å². The van der Waals surface area contributed by atoms with Crippen molar-refractivity contribution in [2.24, 2.45) is 0 Å². The van der Waals surface area contributed by atoms with E-state index in [1.165, 1.54) is 0 Å². The van der Waals surface area contributed by atoms with Gasteiger partial charge in [-0.2, -0.15) is 0 Å². The fraction of sp³-hybridized carbons (Fsp3) is 0.833. The number of carbonyl (C=O) groups is 2. The van der Waals surface area contributed by atoms with Crippen molar-refractivity contribution < 1.29 is 38.0 Å². The predicted octanol–water partition coefficient (Wildman–Crippen LogP) is 0.371. The lowest BCUT2D eigenvalue weighted by Crippen LogP contribution is -2.20. The molecule has 0 spiro atoms. The second kappa shape index (κ2) is 12.8. The number of carbonyl (C=O) groups excluding carboxylic acids is 2. The number of rotatable bonds is 12. The van der Waals surface area contributed by atoms with Gasteiger partial charge >= 0.3 is 11.9 Å². The Hall–Kier alpha value is -0.950. The summed E-state index contributed by atoms with van der Waals surface area (Å²) in [5.74, 6) is -1.00. The van der Waals surface area contributed by atoms with E-state index < -0.39 is 25.6 Å². The van der Waals surface area contributed by atoms with Gasteiger partial charge in [-0.05, 0) is 20.3 Å². The van der Waals surface area contributed by atoms with E-state index >= 15 is 0 Å². The number of esters is 2. The summed E-state index contributed by atoms with van der Waals surface area (Å²) in [6, 6.07) is 0. The summed E-state index contributed by atoms with van der Waals surface area (Å²) in [4.78, 5) is 31.2. The highest BCUT2D eigenvalue weighted by molar-refractivity contribution is 7.38. The Bertz CT molecular complexity index is 333. The molecule has 0 fully saturated rings. The first-order valence-electron chi connectivity index (χ1n) is 6.70. The fourth-order valence-corrected chi connectivity index (χ4v) is 1.97. The molecule has 0 aromatic heterocycles. The third-order valence-electron chi connectivity index (χ3n) is 2.33. The van der Waals surface area contributed by atoms with Crippen molar-refractivity contribution in [2.45, 2.75) is 25.9 Å². The third kappa shape index (κ3) is 11.4. The molecule has 0 aliphatic heterocycles. The molecule has 0 aliphatic carbocycles. The molecule has 124 valence electrons. The molecule has 0 aliphatic rings. The summed E-state index contributed by atoms with van der Waals surface area (Å²) < 4.78 is 30.6. The standard InChI is InChI=1S/C12H23O8P/c1-3-19-11(13)8-17-6-5-10(21(15)16)7-18-9-12(14)20-4-2/h10,21H,3-9H2,1-2H3,(H,15,16). The Morgan fingerprint density at radius 2 is 1.57 bits per heavy atom. The zero-order valence-corrected chi connectivity index (χ0v) is 13.3. The van der Waals surface area contributed by atoms with Gasteiger partial charge in [0, 0.05) is 6.61 Å². The summed E-state index contributed by atoms with van der Waals surface area (Å²) in [7, 11) is -2.82. The average Bonchev–Trinajstić information content (AvgIpc) is 2.41. The van der Waals surface area contributed by atoms with E-state index in [4.69, 9.17) is 9.47 Å². The Morgan fingerprint density at radius 3 is 2.05 bits per heavy atom. The molecule has 0 heterocycles. The average molecular weight is 326 g/mol. The molecule has 0 saturated carbocycles. The van der Waals surface area contributed by atoms with Crippen LogP contribution >= 0.6 is 8.03 Å². The number of hydrogen-bond acceptors (Lipinski definition) is 7. The van der Waals surface area contributed by atoms with Gasteiger partial charge in [0.2, 0.25) is 0 Å². The predicted molar refractivity (Wildman–Crippen MR) is 74.5 cm³/mol. The molecule has 21 heavy (non-hydrogen) atoms. The number of ether oxygens (including phenoxy) is 4. The number of hydrogen-bond donors (Lipinski definition) is 1. The molecule has 0 radical (unpaired) electrons. The SMILES string of the molecule is CCOC(=O)COCCC(COCC(=O)OCC)[PH](=O)O. The minimum Gasteiger partial charge on any atom is -0.464 e. The highest BCUT2D eigenvalue weighted by Gasteiger charge is 2.16. The Morgan fingerprint density at radius 1 is 1.05 bits per heavy atom. The van der Waals surface area contributed by atoms with Gasteiger partial charge in [-0.15, -0.1) is 0 Å². The molecular formula is C12H23O8P. The zero-order chi connectivity index (χ0) is 16.1. The quantitative estimate of drug-likeness (QED) is 0.311. The van der Waals surface area contributed by atoms with Crippen molar-refractivity contribution in [3.8, 4) is 0 Å². The zero-order valence-electron chi connectivity index (χ0n) is 12.3. The van der Waals surface area contributed by atoms with Gasteiger partial charge in [0.1, 0.15) is 13.2 Å². The van der Waals surface area contributed by atoms with E-state index in [9.17, 15) is 19.0 Å². The lowest BCUT2D eigenvalue weighted by Gasteiger charge is -2.13. The van der Waals surface area contributed by atoms with E-state index in [1.807, 2.05) is 0 Å². The second-order valence-electron chi connectivity index (χ2n) is 4.00. The van der Waals surface area contributed by atoms with E-state index in [-0.39, 0.29) is 46.1 Å². The summed E-state index contributed by atoms with van der Waals surface area (Å²) >= 11 is 0. The molecular weight excluding hydrogens is 303 g/mol. The van der Waals surface area contributed by atoms with Gasteiger partial charge < -0.3 is 23.8 Å². The van der Waals surface area contributed by atoms with Crippen LogP contribution in [0.2, 0.25) is 0 Å². The van der Waals surface area contributed by atoms with Gasteiger partial charge in [-0.25, -0.2) is 9.59 Å². The highest BCUT2D eigenvalue weighted by Crippen LogP contribution is 2.25. The fourth-order valence-electron chi connectivity index (χ4n) is 1.35. The van der Waals surface area contributed by atoms with Crippen molar-refractivity contribution in [1.29, 1.82) is 0 Å². The topological polar surface area (TPSA) is 108 Å². The molecule has 0 aromatic rings. The van der Waals surface area contributed by atoms with Crippen molar-refractivity contribution >= 4 is 20.0 Å². The second-order valence-corrected chi connectivity index (χ2v) is 5.49. The third-order valence-corrected chi connectivity index (χ3v) is 3.48. The summed E-state index contributed by atoms with van der Waals surface area (Å²) in [5.41, 5.74) is -0.633. The molecule has 1 N–H and O–H groups in total. The largest absolute Gasteiger partial charge is 0.464 e. The van der Waals surface area contributed by atoms with E-state index in [0.29, 0.717) is 0 Å². The summed E-state index contributed by atoms with van der Waals surface area (Å²) in [6.07, 6.45) is 0.247. The molecule has 2 atom stereocenters. The van der Waals surface area contributed by atoms with Crippen LogP contribution in [0.25, 0.3) is 0 Å². The van der Waals surface area contributed by atoms with Gasteiger partial charge in [0.15, 0.2) is 8.03 Å². The first-order chi connectivity index (χ1) is 10.0. The highest BCUT2D eigenvalue weighted by atomic mass is 31.1. The maximum absolute atomic E-state index is 11.2. The molecule has 8 nitrogen and oxygen atoms in total. The van der Waals surface area contributed by atoms with Gasteiger partial charge in [0.05, 0.1) is 25.5 Å². The van der Waals surface area contributed by atoms with Gasteiger partial charge in [0.25, 0.3) is 0 Å². The monoisotopic (exact) mass is 326 g/mol. The Balaban J connectivity index is 3.85. The Kier molecular flexibility index (Phi) is 12.2. The van der Waals surface area contributed by atoms with Crippen LogP contribution in [-0.2, 0) is 33.1 Å². The lowest BCUT2D eigenvalue weighted by atomic mass is 10.3. The molecule has 0 aromatic carbocycles. The molecule has 0 amide bonds. The van der Waals surface area contributed by atoms with Crippen LogP contribution in [0.3, 0.4) is 0 Å². The van der Waals surface area contributed by atoms with Crippen molar-refractivity contribution in [3.63, 3.8) is 0 Å². The van der Waals surface area contributed by atoms with Crippen LogP contribution in [0.1, 0.15) is 20.3 Å². The van der Waals surface area contributed by atoms with Crippen molar-refractivity contribution in [2.75, 3.05) is 39.6 Å². The minimum absolute atomic E-state index is 0.0458. The van der Waals surface area contributed by atoms with Crippen LogP contribution in [0.5, 0.6) is 0 Å². The van der Waals surface area contributed by atoms with Crippen LogP contribution in [0, 0.1) is 0 Å². The molecule has 2 unspecified atom stereocenters. The normalized spacial score (nSPS) is 13.5. The van der Waals surface area contributed by atoms with E-state index in [2.05, 4.69) is 9.47 Å². The molecule has 0 saturated heterocycles. The summed E-state index contributed by atoms with van der Waals surface area (Å²) in [6.45, 7) is 3.51. The van der Waals surface area contributed by atoms with E-state index in [1.54, 1.807) is 13.8 Å². The maximum atomic E-state index is 11.2. The van der Waals surface area contributed by atoms with Crippen LogP contribution in [0.4, 0.5) is 0 Å². The first-order valence-corrected chi connectivity index (χ1v) is 8.14. The molecule has 9 heteroatoms. The van der Waals surface area contributed by atoms with Crippen molar-refractivity contribution in [1.82, 2.24) is 0 Å². The molecule has 0 rings (SSSR count). The lowest BCUT2D eigenvalue weighted by molar-refractivity contribution is -0.149. The van der Waals surface area contributed by atoms with Crippen LogP contribution < -0.4 is 0 Å². The minimum atomic E-state index is -2.82.